The molecule has 0 saturated carbocycles. The van der Waals surface area contributed by atoms with Crippen LogP contribution in [0.5, 0.6) is 0 Å². The number of carbonyl (C=O) groups excluding carboxylic acids is 1. The average molecular weight is 562 g/mol. The fourth-order valence-electron chi connectivity index (χ4n) is 4.15. The summed E-state index contributed by atoms with van der Waals surface area (Å²) in [6.45, 7) is 4.04. The minimum atomic E-state index is -0.186. The topological polar surface area (TPSA) is 76.9 Å². The van der Waals surface area contributed by atoms with E-state index in [2.05, 4.69) is 32.3 Å². The van der Waals surface area contributed by atoms with Crippen molar-refractivity contribution in [3.8, 4) is 5.69 Å². The van der Waals surface area contributed by atoms with Crippen LogP contribution in [0.15, 0.2) is 38.1 Å². The third-order valence-corrected chi connectivity index (χ3v) is 9.12. The van der Waals surface area contributed by atoms with E-state index in [4.69, 9.17) is 4.98 Å². The van der Waals surface area contributed by atoms with Crippen LogP contribution in [0, 0.1) is 13.8 Å². The van der Waals surface area contributed by atoms with Crippen LogP contribution in [0.25, 0.3) is 15.9 Å². The predicted octanol–water partition coefficient (Wildman–Crippen LogP) is 5.89. The van der Waals surface area contributed by atoms with Crippen LogP contribution in [0.1, 0.15) is 34.4 Å². The van der Waals surface area contributed by atoms with E-state index in [0.717, 1.165) is 56.5 Å². The van der Waals surface area contributed by atoms with Crippen molar-refractivity contribution in [2.75, 3.05) is 11.1 Å². The molecule has 0 fully saturated rings. The molecule has 0 aliphatic heterocycles. The number of nitrogens with zero attached hydrogens (tertiary/aromatic N) is 3. The van der Waals surface area contributed by atoms with Crippen LogP contribution < -0.4 is 10.9 Å². The van der Waals surface area contributed by atoms with Gasteiger partial charge in [0, 0.05) is 4.88 Å². The van der Waals surface area contributed by atoms with Crippen molar-refractivity contribution in [1.82, 2.24) is 14.5 Å². The zero-order valence-electron chi connectivity index (χ0n) is 18.1. The van der Waals surface area contributed by atoms with Gasteiger partial charge in [-0.1, -0.05) is 40.8 Å². The summed E-state index contributed by atoms with van der Waals surface area (Å²) in [5.74, 6) is -0.0561. The maximum Gasteiger partial charge on any atom is 0.267 e. The minimum absolute atomic E-state index is 0.0434. The first-order valence-corrected chi connectivity index (χ1v) is 14.0. The number of halogens is 1. The van der Waals surface area contributed by atoms with Crippen LogP contribution in [0.2, 0.25) is 0 Å². The number of benzene rings is 1. The number of aryl methyl sites for hydroxylation is 4. The Morgan fingerprint density at radius 1 is 1.24 bits per heavy atom. The van der Waals surface area contributed by atoms with Gasteiger partial charge >= 0.3 is 0 Å². The molecule has 0 bridgehead atoms. The highest BCUT2D eigenvalue weighted by Crippen LogP contribution is 2.35. The lowest BCUT2D eigenvalue weighted by atomic mass is 9.97. The smallest absolute Gasteiger partial charge is 0.267 e. The molecule has 33 heavy (non-hydrogen) atoms. The van der Waals surface area contributed by atoms with Crippen molar-refractivity contribution in [1.29, 1.82) is 0 Å². The Bertz CT molecular complexity index is 1440. The molecule has 0 saturated heterocycles. The lowest BCUT2D eigenvalue weighted by Gasteiger charge is -2.15. The molecule has 5 rings (SSSR count). The van der Waals surface area contributed by atoms with Gasteiger partial charge in [-0.3, -0.25) is 14.2 Å². The first-order valence-electron chi connectivity index (χ1n) is 10.6. The largest absolute Gasteiger partial charge is 0.301 e. The molecule has 3 heterocycles. The summed E-state index contributed by atoms with van der Waals surface area (Å²) in [4.78, 5) is 37.5. The highest BCUT2D eigenvalue weighted by molar-refractivity contribution is 9.11. The SMILES string of the molecule is Cc1ccc(-n2c(SCC(=O)Nc3ncc(Br)s3)nc3sc4c(c3c2=O)CCCC4)c(C)c1. The normalized spacial score (nSPS) is 13.3. The third kappa shape index (κ3) is 4.53. The Kier molecular flexibility index (Phi) is 6.43. The van der Waals surface area contributed by atoms with E-state index in [0.29, 0.717) is 10.3 Å². The molecule has 1 aliphatic carbocycles. The van der Waals surface area contributed by atoms with Gasteiger partial charge in [-0.15, -0.1) is 11.3 Å². The Morgan fingerprint density at radius 2 is 2.06 bits per heavy atom. The lowest BCUT2D eigenvalue weighted by molar-refractivity contribution is -0.113. The number of anilines is 1. The molecule has 4 aromatic rings. The summed E-state index contributed by atoms with van der Waals surface area (Å²) >= 11 is 7.61. The molecule has 6 nitrogen and oxygen atoms in total. The van der Waals surface area contributed by atoms with Crippen LogP contribution in [-0.2, 0) is 17.6 Å². The Hall–Kier alpha value is -2.01. The number of aromatic nitrogens is 3. The molecular weight excluding hydrogens is 540 g/mol. The Balaban J connectivity index is 1.57. The summed E-state index contributed by atoms with van der Waals surface area (Å²) in [5.41, 5.74) is 4.07. The number of hydrogen-bond acceptors (Lipinski definition) is 7. The number of fused-ring (bicyclic) bond motifs is 3. The summed E-state index contributed by atoms with van der Waals surface area (Å²) < 4.78 is 2.54. The number of rotatable bonds is 5. The molecule has 1 amide bonds. The van der Waals surface area contributed by atoms with E-state index in [1.54, 1.807) is 22.1 Å². The summed E-state index contributed by atoms with van der Waals surface area (Å²) in [6.07, 6.45) is 5.84. The van der Waals surface area contributed by atoms with Crippen LogP contribution >= 0.6 is 50.4 Å². The Labute approximate surface area is 211 Å². The van der Waals surface area contributed by atoms with Gasteiger partial charge in [-0.2, -0.15) is 0 Å². The lowest BCUT2D eigenvalue weighted by Crippen LogP contribution is -2.24. The van der Waals surface area contributed by atoms with E-state index in [1.807, 2.05) is 26.0 Å². The molecule has 1 aromatic carbocycles. The van der Waals surface area contributed by atoms with Gasteiger partial charge in [-0.05, 0) is 72.7 Å². The Morgan fingerprint density at radius 3 is 2.82 bits per heavy atom. The number of thiazole rings is 1. The zero-order valence-corrected chi connectivity index (χ0v) is 22.1. The number of thioether (sulfide) groups is 1. The van der Waals surface area contributed by atoms with Gasteiger partial charge < -0.3 is 5.32 Å². The number of carbonyl (C=O) groups is 1. The number of hydrogen-bond donors (Lipinski definition) is 1. The fourth-order valence-corrected chi connectivity index (χ4v) is 7.38. The van der Waals surface area contributed by atoms with Gasteiger partial charge in [0.2, 0.25) is 5.91 Å². The quantitative estimate of drug-likeness (QED) is 0.243. The first-order chi connectivity index (χ1) is 15.9. The maximum absolute atomic E-state index is 13.9. The maximum atomic E-state index is 13.9. The monoisotopic (exact) mass is 560 g/mol. The van der Waals surface area contributed by atoms with Crippen LogP contribution in [0.4, 0.5) is 5.13 Å². The first kappa shape index (κ1) is 22.8. The summed E-state index contributed by atoms with van der Waals surface area (Å²) in [5, 5.41) is 4.63. The van der Waals surface area contributed by atoms with Crippen molar-refractivity contribution in [2.45, 2.75) is 44.7 Å². The summed E-state index contributed by atoms with van der Waals surface area (Å²) in [6, 6.07) is 6.04. The zero-order chi connectivity index (χ0) is 23.1. The number of nitrogens with one attached hydrogen (secondary N) is 1. The number of thiophene rings is 1. The van der Waals surface area contributed by atoms with E-state index in [-0.39, 0.29) is 17.2 Å². The van der Waals surface area contributed by atoms with Crippen LogP contribution in [0.3, 0.4) is 0 Å². The average Bonchev–Trinajstić information content (AvgIpc) is 3.36. The molecular formula is C23H21BrN4O2S3. The van der Waals surface area contributed by atoms with Gasteiger partial charge in [0.25, 0.3) is 5.56 Å². The van der Waals surface area contributed by atoms with E-state index in [1.165, 1.54) is 33.5 Å². The molecule has 0 atom stereocenters. The highest BCUT2D eigenvalue weighted by Gasteiger charge is 2.24. The third-order valence-electron chi connectivity index (χ3n) is 5.61. The second-order valence-electron chi connectivity index (χ2n) is 8.02. The fraction of sp³-hybridized carbons (Fsp3) is 0.304. The standard InChI is InChI=1S/C23H21BrN4O2S3/c1-12-7-8-15(13(2)9-12)28-21(30)19-14-5-3-4-6-16(14)32-20(19)27-23(28)31-11-18(29)26-22-25-10-17(24)33-22/h7-10H,3-6,11H2,1-2H3,(H,25,26,29). The molecule has 1 N–H and O–H groups in total. The second-order valence-corrected chi connectivity index (χ2v) is 12.5. The van der Waals surface area contributed by atoms with E-state index in [9.17, 15) is 9.59 Å². The molecule has 0 spiro atoms. The van der Waals surface area contributed by atoms with Crippen molar-refractivity contribution < 1.29 is 4.79 Å². The summed E-state index contributed by atoms with van der Waals surface area (Å²) in [7, 11) is 0. The molecule has 1 aliphatic rings. The molecule has 3 aromatic heterocycles. The molecule has 170 valence electrons. The van der Waals surface area contributed by atoms with E-state index < -0.39 is 0 Å². The van der Waals surface area contributed by atoms with E-state index >= 15 is 0 Å². The van der Waals surface area contributed by atoms with Gasteiger partial charge in [0.05, 0.1) is 26.8 Å². The van der Waals surface area contributed by atoms with Crippen molar-refractivity contribution >= 4 is 71.6 Å². The van der Waals surface area contributed by atoms with Crippen molar-refractivity contribution in [3.05, 3.63) is 60.1 Å². The predicted molar refractivity (Wildman–Crippen MR) is 141 cm³/mol. The molecule has 0 unspecified atom stereocenters. The second kappa shape index (κ2) is 9.32. The van der Waals surface area contributed by atoms with Gasteiger partial charge in [0.1, 0.15) is 4.83 Å². The van der Waals surface area contributed by atoms with Crippen molar-refractivity contribution in [2.24, 2.45) is 0 Å². The van der Waals surface area contributed by atoms with Crippen molar-refractivity contribution in [3.63, 3.8) is 0 Å². The van der Waals surface area contributed by atoms with Gasteiger partial charge in [0.15, 0.2) is 10.3 Å². The molecule has 0 radical (unpaired) electrons. The minimum Gasteiger partial charge on any atom is -0.301 e. The number of amides is 1. The highest BCUT2D eigenvalue weighted by atomic mass is 79.9. The van der Waals surface area contributed by atoms with Crippen LogP contribution in [-0.4, -0.2) is 26.2 Å². The molecule has 10 heteroatoms. The van der Waals surface area contributed by atoms with Gasteiger partial charge in [-0.25, -0.2) is 9.97 Å².